The first kappa shape index (κ1) is 21.3. The van der Waals surface area contributed by atoms with Crippen molar-refractivity contribution in [3.8, 4) is 11.8 Å². The quantitative estimate of drug-likeness (QED) is 0.488. The minimum Gasteiger partial charge on any atom is -0.488 e. The highest BCUT2D eigenvalue weighted by molar-refractivity contribution is 5.93. The molecule has 3 heterocycles. The molecular formula is C26H18F2N4O2. The Labute approximate surface area is 193 Å². The molecule has 34 heavy (non-hydrogen) atoms. The number of aromatic nitrogens is 2. The molecule has 0 spiro atoms. The van der Waals surface area contributed by atoms with E-state index in [1.807, 2.05) is 24.3 Å². The Bertz CT molecular complexity index is 1530. The third kappa shape index (κ3) is 3.67. The van der Waals surface area contributed by atoms with E-state index in [-0.39, 0.29) is 30.8 Å². The highest BCUT2D eigenvalue weighted by atomic mass is 19.1. The van der Waals surface area contributed by atoms with E-state index >= 15 is 0 Å². The Hall–Kier alpha value is -4.51. The number of amides is 1. The number of rotatable bonds is 4. The topological polar surface area (TPSA) is 93.4 Å². The van der Waals surface area contributed by atoms with Gasteiger partial charge in [0.05, 0.1) is 18.2 Å². The number of benzene rings is 2. The monoisotopic (exact) mass is 456 g/mol. The standard InChI is InChI=1S/C26H18F2N4O2/c27-17-7-9-32-21(25(26(30)33)31-23(32)13-17)11-16-10-18(28)12-22-24(16)20(6-3-8-29)19-5-2-1-4-15(19)14-34-22/h1-2,4-7,9-10,12-13H,3,11,14H2,(H2,30,33)/b20-6+. The lowest BCUT2D eigenvalue weighted by Gasteiger charge is -2.16. The van der Waals surface area contributed by atoms with Gasteiger partial charge >= 0.3 is 0 Å². The van der Waals surface area contributed by atoms with Crippen molar-refractivity contribution < 1.29 is 18.3 Å². The van der Waals surface area contributed by atoms with Crippen molar-refractivity contribution in [1.82, 2.24) is 9.38 Å². The number of imidazole rings is 1. The number of allylic oxidation sites excluding steroid dienone is 1. The van der Waals surface area contributed by atoms with Gasteiger partial charge in [0, 0.05) is 30.3 Å². The summed E-state index contributed by atoms with van der Waals surface area (Å²) in [5.41, 5.74) is 9.80. The number of halogens is 2. The van der Waals surface area contributed by atoms with Gasteiger partial charge in [-0.25, -0.2) is 13.8 Å². The van der Waals surface area contributed by atoms with Crippen molar-refractivity contribution in [3.63, 3.8) is 0 Å². The molecule has 1 amide bonds. The molecule has 0 atom stereocenters. The smallest absolute Gasteiger partial charge is 0.269 e. The van der Waals surface area contributed by atoms with Gasteiger partial charge in [-0.15, -0.1) is 0 Å². The molecule has 0 saturated heterocycles. The van der Waals surface area contributed by atoms with E-state index in [9.17, 15) is 18.8 Å². The second-order valence-corrected chi connectivity index (χ2v) is 7.89. The van der Waals surface area contributed by atoms with Crippen LogP contribution < -0.4 is 10.5 Å². The van der Waals surface area contributed by atoms with E-state index in [4.69, 9.17) is 10.5 Å². The summed E-state index contributed by atoms with van der Waals surface area (Å²) in [5.74, 6) is -1.47. The molecule has 0 aliphatic carbocycles. The Morgan fingerprint density at radius 3 is 2.82 bits per heavy atom. The van der Waals surface area contributed by atoms with Crippen molar-refractivity contribution in [2.24, 2.45) is 5.73 Å². The maximum Gasteiger partial charge on any atom is 0.269 e. The maximum absolute atomic E-state index is 14.7. The average molecular weight is 456 g/mol. The fourth-order valence-electron chi connectivity index (χ4n) is 4.37. The number of nitriles is 1. The van der Waals surface area contributed by atoms with Crippen LogP contribution in [0, 0.1) is 23.0 Å². The van der Waals surface area contributed by atoms with E-state index in [1.54, 1.807) is 10.5 Å². The van der Waals surface area contributed by atoms with Crippen LogP contribution in [0.3, 0.4) is 0 Å². The van der Waals surface area contributed by atoms with Crippen LogP contribution >= 0.6 is 0 Å². The molecular weight excluding hydrogens is 438 g/mol. The van der Waals surface area contributed by atoms with Crippen molar-refractivity contribution in [3.05, 3.63) is 106 Å². The molecule has 0 saturated carbocycles. The average Bonchev–Trinajstić information content (AvgIpc) is 3.08. The first-order valence-electron chi connectivity index (χ1n) is 10.5. The molecule has 4 aromatic rings. The van der Waals surface area contributed by atoms with Gasteiger partial charge in [-0.1, -0.05) is 30.3 Å². The van der Waals surface area contributed by atoms with Crippen LogP contribution in [0.15, 0.2) is 60.8 Å². The zero-order chi connectivity index (χ0) is 23.8. The van der Waals surface area contributed by atoms with Crippen LogP contribution in [0.2, 0.25) is 0 Å². The maximum atomic E-state index is 14.7. The summed E-state index contributed by atoms with van der Waals surface area (Å²) in [6.45, 7) is 0.234. The number of fused-ring (bicyclic) bond motifs is 3. The zero-order valence-electron chi connectivity index (χ0n) is 17.9. The Morgan fingerprint density at radius 1 is 1.21 bits per heavy atom. The number of carbonyl (C=O) groups excluding carboxylic acids is 1. The molecule has 5 rings (SSSR count). The molecule has 2 aromatic carbocycles. The molecule has 0 bridgehead atoms. The number of ether oxygens (including phenoxy) is 1. The van der Waals surface area contributed by atoms with E-state index in [1.165, 1.54) is 30.5 Å². The molecule has 0 unspecified atom stereocenters. The van der Waals surface area contributed by atoms with Crippen molar-refractivity contribution in [1.29, 1.82) is 5.26 Å². The summed E-state index contributed by atoms with van der Waals surface area (Å²) in [6, 6.07) is 14.9. The predicted octanol–water partition coefficient (Wildman–Crippen LogP) is 4.54. The lowest BCUT2D eigenvalue weighted by molar-refractivity contribution is 0.0995. The van der Waals surface area contributed by atoms with Gasteiger partial charge in [0.25, 0.3) is 5.91 Å². The third-order valence-corrected chi connectivity index (χ3v) is 5.78. The summed E-state index contributed by atoms with van der Waals surface area (Å²) in [5, 5.41) is 9.24. The molecule has 0 fully saturated rings. The Morgan fingerprint density at radius 2 is 2.03 bits per heavy atom. The van der Waals surface area contributed by atoms with E-state index < -0.39 is 17.5 Å². The van der Waals surface area contributed by atoms with Crippen LogP contribution in [0.4, 0.5) is 8.78 Å². The minimum absolute atomic E-state index is 0.0268. The summed E-state index contributed by atoms with van der Waals surface area (Å²) in [6.07, 6.45) is 3.45. The number of hydrogen-bond acceptors (Lipinski definition) is 4. The molecule has 0 radical (unpaired) electrons. The van der Waals surface area contributed by atoms with Gasteiger partial charge in [-0.05, 0) is 34.4 Å². The molecule has 168 valence electrons. The minimum atomic E-state index is -0.775. The number of nitrogens with zero attached hydrogens (tertiary/aromatic N) is 3. The van der Waals surface area contributed by atoms with Crippen molar-refractivity contribution >= 4 is 17.1 Å². The fourth-order valence-corrected chi connectivity index (χ4v) is 4.37. The number of nitrogens with two attached hydrogens (primary N) is 1. The lowest BCUT2D eigenvalue weighted by Crippen LogP contribution is -2.15. The highest BCUT2D eigenvalue weighted by Crippen LogP contribution is 2.40. The van der Waals surface area contributed by atoms with Gasteiger partial charge in [-0.2, -0.15) is 5.26 Å². The van der Waals surface area contributed by atoms with Crippen LogP contribution in [-0.4, -0.2) is 15.3 Å². The third-order valence-electron chi connectivity index (χ3n) is 5.78. The number of pyridine rings is 1. The zero-order valence-corrected chi connectivity index (χ0v) is 17.9. The molecule has 8 heteroatoms. The number of primary amides is 1. The molecule has 1 aliphatic rings. The van der Waals surface area contributed by atoms with Gasteiger partial charge in [0.1, 0.15) is 29.6 Å². The summed E-state index contributed by atoms with van der Waals surface area (Å²) in [4.78, 5) is 16.3. The number of carbonyl (C=O) groups is 1. The van der Waals surface area contributed by atoms with Crippen LogP contribution in [-0.2, 0) is 13.0 Å². The summed E-state index contributed by atoms with van der Waals surface area (Å²) >= 11 is 0. The molecule has 2 N–H and O–H groups in total. The molecule has 2 aromatic heterocycles. The van der Waals surface area contributed by atoms with E-state index in [0.29, 0.717) is 22.6 Å². The first-order chi connectivity index (χ1) is 16.5. The Kier molecular flexibility index (Phi) is 5.30. The van der Waals surface area contributed by atoms with Gasteiger partial charge in [0.2, 0.25) is 0 Å². The molecule has 6 nitrogen and oxygen atoms in total. The van der Waals surface area contributed by atoms with Crippen LogP contribution in [0.25, 0.3) is 11.2 Å². The SMILES string of the molecule is N#CC/C=C1\c2ccccc2COc2cc(F)cc(Cc3c(C(N)=O)nc4cc(F)ccn34)c21. The molecule has 1 aliphatic heterocycles. The summed E-state index contributed by atoms with van der Waals surface area (Å²) < 4.78 is 36.0. The number of hydrogen-bond donors (Lipinski definition) is 1. The summed E-state index contributed by atoms with van der Waals surface area (Å²) in [7, 11) is 0. The predicted molar refractivity (Wildman–Crippen MR) is 121 cm³/mol. The van der Waals surface area contributed by atoms with Crippen LogP contribution in [0.1, 0.15) is 44.9 Å². The fraction of sp³-hybridized carbons (Fsp3) is 0.115. The van der Waals surface area contributed by atoms with E-state index in [2.05, 4.69) is 11.1 Å². The van der Waals surface area contributed by atoms with Crippen molar-refractivity contribution in [2.75, 3.05) is 0 Å². The van der Waals surface area contributed by atoms with Gasteiger partial charge in [0.15, 0.2) is 5.69 Å². The largest absolute Gasteiger partial charge is 0.488 e. The van der Waals surface area contributed by atoms with Crippen molar-refractivity contribution in [2.45, 2.75) is 19.4 Å². The second-order valence-electron chi connectivity index (χ2n) is 7.89. The lowest BCUT2D eigenvalue weighted by atomic mass is 9.88. The van der Waals surface area contributed by atoms with Gasteiger partial charge < -0.3 is 14.9 Å². The van der Waals surface area contributed by atoms with Gasteiger partial charge in [-0.3, -0.25) is 4.79 Å². The first-order valence-corrected chi connectivity index (χ1v) is 10.5. The van der Waals surface area contributed by atoms with Crippen LogP contribution in [0.5, 0.6) is 5.75 Å². The Balaban J connectivity index is 1.75. The highest BCUT2D eigenvalue weighted by Gasteiger charge is 2.25. The van der Waals surface area contributed by atoms with E-state index in [0.717, 1.165) is 16.7 Å². The second kappa shape index (κ2) is 8.45. The normalized spacial score (nSPS) is 13.6.